The molecule has 0 bridgehead atoms. The Balaban J connectivity index is 1.73. The van der Waals surface area contributed by atoms with Crippen molar-refractivity contribution in [1.82, 2.24) is 0 Å². The standard InChI is InChI=1S/C20H33NO2/c1-11-4-5-13-16-14(7-9-19(11,13)2)20(3)8-6-12(21)10-15(20)17(22)18(16)23/h12-18,22-23H,1,4-10,21H2,2-3H3/t12-,13-,14-,15+,16?,17+,18?,19+,20+/m0/s1. The van der Waals surface area contributed by atoms with Crippen molar-refractivity contribution < 1.29 is 10.2 Å². The van der Waals surface area contributed by atoms with Crippen LogP contribution < -0.4 is 5.73 Å². The number of hydrogen-bond acceptors (Lipinski definition) is 3. The molecule has 0 aliphatic heterocycles. The second kappa shape index (κ2) is 5.06. The summed E-state index contributed by atoms with van der Waals surface area (Å²) >= 11 is 0. The minimum Gasteiger partial charge on any atom is -0.390 e. The van der Waals surface area contributed by atoms with Crippen molar-refractivity contribution in [2.24, 2.45) is 40.2 Å². The van der Waals surface area contributed by atoms with E-state index < -0.39 is 12.2 Å². The fraction of sp³-hybridized carbons (Fsp3) is 0.900. The highest BCUT2D eigenvalue weighted by atomic mass is 16.3. The van der Waals surface area contributed by atoms with E-state index in [-0.39, 0.29) is 28.7 Å². The molecule has 130 valence electrons. The molecule has 2 unspecified atom stereocenters. The number of rotatable bonds is 0. The highest BCUT2D eigenvalue weighted by Gasteiger charge is 2.63. The molecule has 0 saturated heterocycles. The first-order chi connectivity index (χ1) is 10.8. The van der Waals surface area contributed by atoms with Crippen LogP contribution in [0.15, 0.2) is 12.2 Å². The molecule has 4 fully saturated rings. The summed E-state index contributed by atoms with van der Waals surface area (Å²) in [7, 11) is 0. The second-order valence-corrected chi connectivity index (χ2v) is 9.52. The van der Waals surface area contributed by atoms with Crippen LogP contribution in [0, 0.1) is 34.5 Å². The van der Waals surface area contributed by atoms with Crippen LogP contribution in [0.1, 0.15) is 58.8 Å². The molecule has 4 rings (SSSR count). The van der Waals surface area contributed by atoms with Crippen molar-refractivity contribution in [2.45, 2.75) is 77.0 Å². The molecule has 4 aliphatic carbocycles. The van der Waals surface area contributed by atoms with Crippen LogP contribution in [0.25, 0.3) is 0 Å². The molecule has 23 heavy (non-hydrogen) atoms. The van der Waals surface area contributed by atoms with E-state index in [1.54, 1.807) is 0 Å². The lowest BCUT2D eigenvalue weighted by molar-refractivity contribution is -0.210. The molecule has 3 heteroatoms. The fourth-order valence-electron chi connectivity index (χ4n) is 7.20. The summed E-state index contributed by atoms with van der Waals surface area (Å²) in [6.07, 6.45) is 6.45. The van der Waals surface area contributed by atoms with Gasteiger partial charge in [-0.1, -0.05) is 26.0 Å². The number of aliphatic hydroxyl groups excluding tert-OH is 2. The van der Waals surface area contributed by atoms with Crippen molar-refractivity contribution >= 4 is 0 Å². The fourth-order valence-corrected chi connectivity index (χ4v) is 7.20. The largest absolute Gasteiger partial charge is 0.390 e. The number of fused-ring (bicyclic) bond motifs is 5. The third kappa shape index (κ3) is 1.99. The van der Waals surface area contributed by atoms with Gasteiger partial charge in [-0.15, -0.1) is 0 Å². The quantitative estimate of drug-likeness (QED) is 0.602. The summed E-state index contributed by atoms with van der Waals surface area (Å²) in [4.78, 5) is 0. The lowest BCUT2D eigenvalue weighted by Crippen LogP contribution is -2.64. The molecule has 0 spiro atoms. The summed E-state index contributed by atoms with van der Waals surface area (Å²) in [5.41, 5.74) is 7.89. The molecule has 0 radical (unpaired) electrons. The summed E-state index contributed by atoms with van der Waals surface area (Å²) < 4.78 is 0. The zero-order valence-electron chi connectivity index (χ0n) is 14.7. The van der Waals surface area contributed by atoms with E-state index in [1.165, 1.54) is 18.4 Å². The van der Waals surface area contributed by atoms with Crippen LogP contribution in [-0.4, -0.2) is 28.5 Å². The Morgan fingerprint density at radius 3 is 2.48 bits per heavy atom. The molecule has 0 aromatic rings. The van der Waals surface area contributed by atoms with Crippen LogP contribution in [0.3, 0.4) is 0 Å². The summed E-state index contributed by atoms with van der Waals surface area (Å²) in [6, 6.07) is 0.187. The highest BCUT2D eigenvalue weighted by Crippen LogP contribution is 2.66. The third-order valence-electron chi connectivity index (χ3n) is 8.75. The minimum absolute atomic E-state index is 0.143. The average Bonchev–Trinajstić information content (AvgIpc) is 2.82. The first-order valence-electron chi connectivity index (χ1n) is 9.59. The van der Waals surface area contributed by atoms with Gasteiger partial charge >= 0.3 is 0 Å². The predicted molar refractivity (Wildman–Crippen MR) is 91.6 cm³/mol. The third-order valence-corrected chi connectivity index (χ3v) is 8.75. The Labute approximate surface area is 140 Å². The van der Waals surface area contributed by atoms with Gasteiger partial charge in [-0.2, -0.15) is 0 Å². The topological polar surface area (TPSA) is 66.5 Å². The zero-order chi connectivity index (χ0) is 16.6. The van der Waals surface area contributed by atoms with E-state index in [2.05, 4.69) is 20.4 Å². The molecule has 3 nitrogen and oxygen atoms in total. The maximum Gasteiger partial charge on any atom is 0.0836 e. The number of hydrogen-bond donors (Lipinski definition) is 3. The van der Waals surface area contributed by atoms with Gasteiger partial charge < -0.3 is 15.9 Å². The van der Waals surface area contributed by atoms with Crippen LogP contribution >= 0.6 is 0 Å². The van der Waals surface area contributed by atoms with E-state index >= 15 is 0 Å². The molecule has 4 saturated carbocycles. The number of nitrogens with two attached hydrogens (primary N) is 1. The van der Waals surface area contributed by atoms with Gasteiger partial charge in [0.05, 0.1) is 12.2 Å². The second-order valence-electron chi connectivity index (χ2n) is 9.52. The van der Waals surface area contributed by atoms with Crippen molar-refractivity contribution in [3.63, 3.8) is 0 Å². The van der Waals surface area contributed by atoms with Crippen LogP contribution in [0.4, 0.5) is 0 Å². The van der Waals surface area contributed by atoms with E-state index in [9.17, 15) is 10.2 Å². The van der Waals surface area contributed by atoms with Gasteiger partial charge in [0.1, 0.15) is 0 Å². The van der Waals surface area contributed by atoms with E-state index in [4.69, 9.17) is 5.73 Å². The van der Waals surface area contributed by atoms with Crippen molar-refractivity contribution in [3.05, 3.63) is 12.2 Å². The van der Waals surface area contributed by atoms with Crippen molar-refractivity contribution in [1.29, 1.82) is 0 Å². The Hall–Kier alpha value is -0.380. The van der Waals surface area contributed by atoms with Crippen LogP contribution in [-0.2, 0) is 0 Å². The van der Waals surface area contributed by atoms with Crippen molar-refractivity contribution in [3.8, 4) is 0 Å². The highest BCUT2D eigenvalue weighted by molar-refractivity contribution is 5.23. The van der Waals surface area contributed by atoms with Gasteiger partial charge in [-0.3, -0.25) is 0 Å². The predicted octanol–water partition coefficient (Wildman–Crippen LogP) is 2.85. The lowest BCUT2D eigenvalue weighted by Gasteiger charge is -2.63. The SMILES string of the molecule is C=C1CC[C@H]2C3C(O)[C@H](O)[C@H]4C[C@@H](N)CC[C@]4(C)[C@H]3CC[C@]12C. The molecule has 4 aliphatic rings. The number of allylic oxidation sites excluding steroid dienone is 1. The van der Waals surface area contributed by atoms with Crippen LogP contribution in [0.2, 0.25) is 0 Å². The molecule has 4 N–H and O–H groups in total. The molecule has 0 aromatic heterocycles. The first-order valence-corrected chi connectivity index (χ1v) is 9.59. The Morgan fingerprint density at radius 2 is 1.74 bits per heavy atom. The van der Waals surface area contributed by atoms with Gasteiger partial charge in [0.25, 0.3) is 0 Å². The van der Waals surface area contributed by atoms with Gasteiger partial charge in [0.15, 0.2) is 0 Å². The molecule has 0 heterocycles. The first kappa shape index (κ1) is 16.1. The molecular weight excluding hydrogens is 286 g/mol. The Bertz CT molecular complexity index is 520. The number of aliphatic hydroxyl groups is 2. The Morgan fingerprint density at radius 1 is 1.00 bits per heavy atom. The smallest absolute Gasteiger partial charge is 0.0836 e. The average molecular weight is 319 g/mol. The van der Waals surface area contributed by atoms with Gasteiger partial charge in [0, 0.05) is 6.04 Å². The van der Waals surface area contributed by atoms with Gasteiger partial charge in [0.2, 0.25) is 0 Å². The normalized spacial score (nSPS) is 59.2. The zero-order valence-corrected chi connectivity index (χ0v) is 14.7. The monoisotopic (exact) mass is 319 g/mol. The Kier molecular flexibility index (Phi) is 3.54. The van der Waals surface area contributed by atoms with Crippen molar-refractivity contribution in [2.75, 3.05) is 0 Å². The van der Waals surface area contributed by atoms with E-state index in [0.717, 1.165) is 32.1 Å². The van der Waals surface area contributed by atoms with E-state index in [0.29, 0.717) is 11.8 Å². The maximum atomic E-state index is 11.0. The van der Waals surface area contributed by atoms with E-state index in [1.807, 2.05) is 0 Å². The molecule has 0 aromatic carbocycles. The van der Waals surface area contributed by atoms with Gasteiger partial charge in [-0.05, 0) is 79.4 Å². The van der Waals surface area contributed by atoms with Crippen LogP contribution in [0.5, 0.6) is 0 Å². The maximum absolute atomic E-state index is 11.0. The summed E-state index contributed by atoms with van der Waals surface area (Å²) in [5.74, 6) is 1.42. The lowest BCUT2D eigenvalue weighted by atomic mass is 9.43. The van der Waals surface area contributed by atoms with Gasteiger partial charge in [-0.25, -0.2) is 0 Å². The minimum atomic E-state index is -0.608. The molecule has 0 amide bonds. The summed E-state index contributed by atoms with van der Waals surface area (Å²) in [5, 5.41) is 22.0. The molecule has 9 atom stereocenters. The molecular formula is C20H33NO2. The summed E-state index contributed by atoms with van der Waals surface area (Å²) in [6.45, 7) is 9.07.